The maximum absolute atomic E-state index is 12.4. The van der Waals surface area contributed by atoms with Crippen LogP contribution in [0.3, 0.4) is 0 Å². The van der Waals surface area contributed by atoms with Crippen LogP contribution in [0.1, 0.15) is 23.2 Å². The van der Waals surface area contributed by atoms with Crippen molar-refractivity contribution >= 4 is 34.7 Å². The number of carbonyl (C=O) groups is 2. The molecule has 3 rings (SSSR count). The molecule has 1 aliphatic heterocycles. The van der Waals surface area contributed by atoms with Crippen molar-refractivity contribution in [1.29, 1.82) is 0 Å². The van der Waals surface area contributed by atoms with E-state index < -0.39 is 0 Å². The topological polar surface area (TPSA) is 37.4 Å². The Hall–Kier alpha value is -2.13. The van der Waals surface area contributed by atoms with Crippen LogP contribution in [0.25, 0.3) is 0 Å². The highest BCUT2D eigenvalue weighted by atomic mass is 35.5. The third-order valence-electron chi connectivity index (χ3n) is 3.33. The number of fused-ring (bicyclic) bond motifs is 1. The lowest BCUT2D eigenvalue weighted by atomic mass is 10.1. The number of ketones is 1. The molecule has 0 unspecified atom stereocenters. The smallest absolute Gasteiger partial charge is 0.232 e. The van der Waals surface area contributed by atoms with Crippen LogP contribution < -0.4 is 4.90 Å². The van der Waals surface area contributed by atoms with Gasteiger partial charge in [0.05, 0.1) is 5.69 Å². The molecule has 0 radical (unpaired) electrons. The van der Waals surface area contributed by atoms with E-state index in [1.54, 1.807) is 23.1 Å². The minimum atomic E-state index is -0.0921. The van der Waals surface area contributed by atoms with Crippen LogP contribution in [-0.2, 0) is 4.79 Å². The predicted octanol–water partition coefficient (Wildman–Crippen LogP) is 3.98. The van der Waals surface area contributed by atoms with E-state index in [1.165, 1.54) is 0 Å². The van der Waals surface area contributed by atoms with E-state index in [4.69, 9.17) is 11.6 Å². The Balaban J connectivity index is 2.22. The first-order valence-electron chi connectivity index (χ1n) is 6.37. The summed E-state index contributed by atoms with van der Waals surface area (Å²) in [6.07, 6.45) is 0.441. The monoisotopic (exact) mass is 285 g/mol. The Kier molecular flexibility index (Phi) is 3.28. The molecule has 0 bridgehead atoms. The van der Waals surface area contributed by atoms with Crippen molar-refractivity contribution < 1.29 is 9.59 Å². The molecule has 0 saturated heterocycles. The number of benzene rings is 2. The van der Waals surface area contributed by atoms with Crippen LogP contribution in [0.4, 0.5) is 11.4 Å². The van der Waals surface area contributed by atoms with Crippen molar-refractivity contribution in [2.45, 2.75) is 12.8 Å². The summed E-state index contributed by atoms with van der Waals surface area (Å²) in [5, 5.41) is 0.507. The quantitative estimate of drug-likeness (QED) is 0.795. The Morgan fingerprint density at radius 3 is 2.45 bits per heavy atom. The number of amides is 1. The molecule has 0 spiro atoms. The average Bonchev–Trinajstić information content (AvgIpc) is 2.57. The summed E-state index contributed by atoms with van der Waals surface area (Å²) in [4.78, 5) is 26.1. The van der Waals surface area contributed by atoms with Crippen molar-refractivity contribution in [1.82, 2.24) is 0 Å². The van der Waals surface area contributed by atoms with Crippen molar-refractivity contribution in [3.63, 3.8) is 0 Å². The largest absolute Gasteiger partial charge is 0.294 e. The van der Waals surface area contributed by atoms with E-state index in [0.717, 1.165) is 5.69 Å². The van der Waals surface area contributed by atoms with Gasteiger partial charge in [-0.3, -0.25) is 14.5 Å². The zero-order valence-electron chi connectivity index (χ0n) is 10.7. The number of hydrogen-bond donors (Lipinski definition) is 0. The average molecular weight is 286 g/mol. The predicted molar refractivity (Wildman–Crippen MR) is 78.6 cm³/mol. The molecule has 0 aromatic heterocycles. The van der Waals surface area contributed by atoms with E-state index >= 15 is 0 Å². The van der Waals surface area contributed by atoms with Gasteiger partial charge in [0.1, 0.15) is 0 Å². The molecule has 4 heteroatoms. The van der Waals surface area contributed by atoms with Gasteiger partial charge in [-0.2, -0.15) is 0 Å². The SMILES string of the molecule is O=C1CCC(=O)N(c2ccccc2)c2cc(Cl)ccc21. The van der Waals surface area contributed by atoms with E-state index in [-0.39, 0.29) is 24.5 Å². The Bertz CT molecular complexity index is 682. The highest BCUT2D eigenvalue weighted by Crippen LogP contribution is 2.34. The summed E-state index contributed by atoms with van der Waals surface area (Å²) < 4.78 is 0. The third-order valence-corrected chi connectivity index (χ3v) is 3.57. The normalized spacial score (nSPS) is 14.9. The zero-order valence-corrected chi connectivity index (χ0v) is 11.4. The van der Waals surface area contributed by atoms with Gasteiger partial charge in [-0.25, -0.2) is 0 Å². The van der Waals surface area contributed by atoms with Crippen LogP contribution in [0.2, 0.25) is 5.02 Å². The van der Waals surface area contributed by atoms with Crippen LogP contribution in [0.15, 0.2) is 48.5 Å². The number of rotatable bonds is 1. The molecule has 2 aromatic carbocycles. The second kappa shape index (κ2) is 5.10. The fourth-order valence-electron chi connectivity index (χ4n) is 2.39. The van der Waals surface area contributed by atoms with Gasteiger partial charge in [0.2, 0.25) is 5.91 Å². The highest BCUT2D eigenvalue weighted by molar-refractivity contribution is 6.31. The molecular formula is C16H12ClNO2. The summed E-state index contributed by atoms with van der Waals surface area (Å²) in [5.74, 6) is -0.117. The van der Waals surface area contributed by atoms with E-state index in [2.05, 4.69) is 0 Å². The van der Waals surface area contributed by atoms with Crippen LogP contribution >= 0.6 is 11.6 Å². The number of anilines is 2. The second-order valence-electron chi connectivity index (χ2n) is 4.65. The third kappa shape index (κ3) is 2.21. The lowest BCUT2D eigenvalue weighted by Crippen LogP contribution is -2.24. The minimum Gasteiger partial charge on any atom is -0.294 e. The van der Waals surface area contributed by atoms with Gasteiger partial charge in [-0.1, -0.05) is 29.8 Å². The molecule has 3 nitrogen and oxygen atoms in total. The number of halogens is 1. The first-order chi connectivity index (χ1) is 9.66. The van der Waals surface area contributed by atoms with Crippen molar-refractivity contribution in [2.24, 2.45) is 0 Å². The van der Waals surface area contributed by atoms with Gasteiger partial charge in [0.25, 0.3) is 0 Å². The molecule has 0 fully saturated rings. The van der Waals surface area contributed by atoms with Gasteiger partial charge in [-0.05, 0) is 30.3 Å². The number of nitrogens with zero attached hydrogens (tertiary/aromatic N) is 1. The Morgan fingerprint density at radius 1 is 0.950 bits per heavy atom. The zero-order chi connectivity index (χ0) is 14.1. The second-order valence-corrected chi connectivity index (χ2v) is 5.09. The van der Waals surface area contributed by atoms with E-state index in [9.17, 15) is 9.59 Å². The van der Waals surface area contributed by atoms with Gasteiger partial charge in [0, 0.05) is 29.1 Å². The molecule has 0 atom stereocenters. The van der Waals surface area contributed by atoms with Gasteiger partial charge in [0.15, 0.2) is 5.78 Å². The first kappa shape index (κ1) is 12.9. The van der Waals surface area contributed by atoms with Crippen LogP contribution in [-0.4, -0.2) is 11.7 Å². The molecule has 0 saturated carbocycles. The molecule has 1 heterocycles. The molecule has 100 valence electrons. The first-order valence-corrected chi connectivity index (χ1v) is 6.75. The van der Waals surface area contributed by atoms with Gasteiger partial charge < -0.3 is 0 Å². The van der Waals surface area contributed by atoms with Crippen molar-refractivity contribution in [2.75, 3.05) is 4.90 Å². The molecule has 0 aliphatic carbocycles. The number of para-hydroxylation sites is 1. The number of hydrogen-bond acceptors (Lipinski definition) is 2. The number of carbonyl (C=O) groups excluding carboxylic acids is 2. The summed E-state index contributed by atoms with van der Waals surface area (Å²) >= 11 is 6.03. The molecule has 20 heavy (non-hydrogen) atoms. The van der Waals surface area contributed by atoms with Crippen LogP contribution in [0, 0.1) is 0 Å². The fraction of sp³-hybridized carbons (Fsp3) is 0.125. The molecule has 1 amide bonds. The van der Waals surface area contributed by atoms with Crippen molar-refractivity contribution in [3.05, 3.63) is 59.1 Å². The Labute approximate surface area is 121 Å². The lowest BCUT2D eigenvalue weighted by Gasteiger charge is -2.22. The van der Waals surface area contributed by atoms with Gasteiger partial charge in [-0.15, -0.1) is 0 Å². The number of Topliss-reactive ketones (excluding diaryl/α,β-unsaturated/α-hetero) is 1. The van der Waals surface area contributed by atoms with E-state index in [1.807, 2.05) is 30.3 Å². The molecule has 1 aliphatic rings. The standard InChI is InChI=1S/C16H12ClNO2/c17-11-6-7-13-14(10-11)18(12-4-2-1-3-5-12)16(20)9-8-15(13)19/h1-7,10H,8-9H2. The highest BCUT2D eigenvalue weighted by Gasteiger charge is 2.27. The van der Waals surface area contributed by atoms with Crippen LogP contribution in [0.5, 0.6) is 0 Å². The lowest BCUT2D eigenvalue weighted by molar-refractivity contribution is -0.117. The molecule has 2 aromatic rings. The minimum absolute atomic E-state index is 0.0246. The Morgan fingerprint density at radius 2 is 1.70 bits per heavy atom. The van der Waals surface area contributed by atoms with E-state index in [0.29, 0.717) is 16.3 Å². The summed E-state index contributed by atoms with van der Waals surface area (Å²) in [6.45, 7) is 0. The van der Waals surface area contributed by atoms with Gasteiger partial charge >= 0.3 is 0 Å². The fourth-order valence-corrected chi connectivity index (χ4v) is 2.55. The summed E-state index contributed by atoms with van der Waals surface area (Å²) in [7, 11) is 0. The summed E-state index contributed by atoms with van der Waals surface area (Å²) in [5.41, 5.74) is 1.86. The maximum Gasteiger partial charge on any atom is 0.232 e. The maximum atomic E-state index is 12.4. The summed E-state index contributed by atoms with van der Waals surface area (Å²) in [6, 6.07) is 14.3. The molecular weight excluding hydrogens is 274 g/mol. The molecule has 0 N–H and O–H groups in total. The van der Waals surface area contributed by atoms with Crippen molar-refractivity contribution in [3.8, 4) is 0 Å².